The monoisotopic (exact) mass is 308 g/mol. The first-order valence-corrected chi connectivity index (χ1v) is 6.81. The lowest BCUT2D eigenvalue weighted by Gasteiger charge is -2.20. The Morgan fingerprint density at radius 1 is 1.30 bits per heavy atom. The number of hydrogen-bond acceptors (Lipinski definition) is 2. The molecule has 20 heavy (non-hydrogen) atoms. The number of rotatable bonds is 4. The summed E-state index contributed by atoms with van der Waals surface area (Å²) in [7, 11) is 1.90. The van der Waals surface area contributed by atoms with E-state index in [0.717, 1.165) is 16.8 Å². The van der Waals surface area contributed by atoms with Gasteiger partial charge in [-0.15, -0.1) is 0 Å². The molecule has 0 bridgehead atoms. The second kappa shape index (κ2) is 6.20. The van der Waals surface area contributed by atoms with E-state index in [-0.39, 0.29) is 5.82 Å². The molecule has 0 aliphatic carbocycles. The fourth-order valence-corrected chi connectivity index (χ4v) is 2.21. The van der Waals surface area contributed by atoms with Gasteiger partial charge in [-0.1, -0.05) is 36.0 Å². The van der Waals surface area contributed by atoms with Crippen LogP contribution in [0.15, 0.2) is 42.5 Å². The summed E-state index contributed by atoms with van der Waals surface area (Å²) in [4.78, 5) is 2.31. The van der Waals surface area contributed by atoms with Gasteiger partial charge < -0.3 is 10.6 Å². The highest BCUT2D eigenvalue weighted by Gasteiger charge is 2.08. The third kappa shape index (κ3) is 3.46. The van der Waals surface area contributed by atoms with Crippen molar-refractivity contribution in [3.63, 3.8) is 0 Å². The molecule has 0 amide bonds. The molecular formula is C15H14ClFN2S. The smallest absolute Gasteiger partial charge is 0.123 e. The first kappa shape index (κ1) is 14.8. The predicted octanol–water partition coefficient (Wildman–Crippen LogP) is 3.75. The number of benzene rings is 2. The highest BCUT2D eigenvalue weighted by Crippen LogP contribution is 2.22. The maximum absolute atomic E-state index is 13.3. The molecule has 2 aromatic carbocycles. The van der Waals surface area contributed by atoms with Gasteiger partial charge in [0.2, 0.25) is 0 Å². The Kier molecular flexibility index (Phi) is 4.57. The van der Waals surface area contributed by atoms with E-state index in [4.69, 9.17) is 29.6 Å². The van der Waals surface area contributed by atoms with Crippen molar-refractivity contribution in [2.24, 2.45) is 5.73 Å². The Bertz CT molecular complexity index is 646. The van der Waals surface area contributed by atoms with Crippen LogP contribution in [0.2, 0.25) is 5.02 Å². The largest absolute Gasteiger partial charge is 0.389 e. The highest BCUT2D eigenvalue weighted by molar-refractivity contribution is 7.80. The average molecular weight is 309 g/mol. The van der Waals surface area contributed by atoms with Gasteiger partial charge in [-0.2, -0.15) is 0 Å². The van der Waals surface area contributed by atoms with Crippen LogP contribution in [-0.4, -0.2) is 12.0 Å². The fraction of sp³-hybridized carbons (Fsp3) is 0.133. The molecule has 0 saturated heterocycles. The zero-order valence-electron chi connectivity index (χ0n) is 10.9. The normalized spacial score (nSPS) is 10.3. The third-order valence-corrected chi connectivity index (χ3v) is 3.59. The van der Waals surface area contributed by atoms with Crippen molar-refractivity contribution >= 4 is 34.5 Å². The van der Waals surface area contributed by atoms with E-state index >= 15 is 0 Å². The molecule has 0 atom stereocenters. The SMILES string of the molecule is CN(Cc1cc(F)ccc1Cl)c1cccc(C(N)=S)c1. The summed E-state index contributed by atoms with van der Waals surface area (Å²) >= 11 is 11.0. The van der Waals surface area contributed by atoms with Crippen LogP contribution in [0, 0.1) is 5.82 Å². The molecule has 0 aliphatic heterocycles. The number of nitrogens with two attached hydrogens (primary N) is 1. The molecule has 0 aromatic heterocycles. The molecule has 2 aromatic rings. The van der Waals surface area contributed by atoms with Crippen molar-refractivity contribution in [1.82, 2.24) is 0 Å². The minimum Gasteiger partial charge on any atom is -0.389 e. The number of hydrogen-bond donors (Lipinski definition) is 1. The van der Waals surface area contributed by atoms with Gasteiger partial charge in [0.1, 0.15) is 10.8 Å². The Morgan fingerprint density at radius 2 is 2.05 bits per heavy atom. The summed E-state index contributed by atoms with van der Waals surface area (Å²) in [5, 5.41) is 0.545. The lowest BCUT2D eigenvalue weighted by molar-refractivity contribution is 0.625. The lowest BCUT2D eigenvalue weighted by atomic mass is 10.1. The Morgan fingerprint density at radius 3 is 2.75 bits per heavy atom. The van der Waals surface area contributed by atoms with Gasteiger partial charge >= 0.3 is 0 Å². The summed E-state index contributed by atoms with van der Waals surface area (Å²) < 4.78 is 13.3. The fourth-order valence-electron chi connectivity index (χ4n) is 1.91. The molecule has 0 heterocycles. The Hall–Kier alpha value is -1.65. The van der Waals surface area contributed by atoms with Crippen molar-refractivity contribution in [2.45, 2.75) is 6.54 Å². The number of anilines is 1. The van der Waals surface area contributed by atoms with Gasteiger partial charge in [0.05, 0.1) is 0 Å². The van der Waals surface area contributed by atoms with Crippen LogP contribution in [0.5, 0.6) is 0 Å². The molecule has 0 aliphatic rings. The van der Waals surface area contributed by atoms with Crippen molar-refractivity contribution in [1.29, 1.82) is 0 Å². The zero-order valence-corrected chi connectivity index (χ0v) is 12.5. The van der Waals surface area contributed by atoms with Gasteiger partial charge in [-0.3, -0.25) is 0 Å². The third-order valence-electron chi connectivity index (χ3n) is 2.99. The first-order chi connectivity index (χ1) is 9.47. The number of nitrogens with zero attached hydrogens (tertiary/aromatic N) is 1. The van der Waals surface area contributed by atoms with Crippen molar-refractivity contribution in [3.05, 3.63) is 64.4 Å². The lowest BCUT2D eigenvalue weighted by Crippen LogP contribution is -2.18. The van der Waals surface area contributed by atoms with Crippen LogP contribution in [0.25, 0.3) is 0 Å². The summed E-state index contributed by atoms with van der Waals surface area (Å²) in [6.45, 7) is 0.497. The molecular weight excluding hydrogens is 295 g/mol. The number of thiocarbonyl (C=S) groups is 1. The molecule has 2 rings (SSSR count). The maximum Gasteiger partial charge on any atom is 0.123 e. The zero-order chi connectivity index (χ0) is 14.7. The van der Waals surface area contributed by atoms with Crippen LogP contribution < -0.4 is 10.6 Å². The first-order valence-electron chi connectivity index (χ1n) is 6.02. The van der Waals surface area contributed by atoms with Crippen molar-refractivity contribution in [2.75, 3.05) is 11.9 Å². The number of halogens is 2. The van der Waals surface area contributed by atoms with Gasteiger partial charge in [-0.25, -0.2) is 4.39 Å². The molecule has 2 nitrogen and oxygen atoms in total. The van der Waals surface area contributed by atoms with E-state index < -0.39 is 0 Å². The van der Waals surface area contributed by atoms with Crippen LogP contribution in [0.1, 0.15) is 11.1 Å². The standard InChI is InChI=1S/C15H14ClFN2S/c1-19(9-11-7-12(17)5-6-14(11)16)13-4-2-3-10(8-13)15(18)20/h2-8H,9H2,1H3,(H2,18,20). The van der Waals surface area contributed by atoms with E-state index in [1.165, 1.54) is 12.1 Å². The van der Waals surface area contributed by atoms with Gasteiger partial charge in [0.25, 0.3) is 0 Å². The second-order valence-corrected chi connectivity index (χ2v) is 5.35. The van der Waals surface area contributed by atoms with Crippen LogP contribution >= 0.6 is 23.8 Å². The summed E-state index contributed by atoms with van der Waals surface area (Å²) in [6.07, 6.45) is 0. The van der Waals surface area contributed by atoms with Crippen molar-refractivity contribution in [3.8, 4) is 0 Å². The van der Waals surface area contributed by atoms with Gasteiger partial charge in [-0.05, 0) is 35.9 Å². The Balaban J connectivity index is 2.23. The maximum atomic E-state index is 13.3. The predicted molar refractivity (Wildman–Crippen MR) is 85.8 cm³/mol. The molecule has 0 saturated carbocycles. The molecule has 0 spiro atoms. The van der Waals surface area contributed by atoms with E-state index in [2.05, 4.69) is 0 Å². The van der Waals surface area contributed by atoms with E-state index in [1.807, 2.05) is 36.2 Å². The summed E-state index contributed by atoms with van der Waals surface area (Å²) in [5.41, 5.74) is 8.09. The second-order valence-electron chi connectivity index (χ2n) is 4.51. The van der Waals surface area contributed by atoms with Crippen molar-refractivity contribution < 1.29 is 4.39 Å². The minimum absolute atomic E-state index is 0.297. The highest BCUT2D eigenvalue weighted by atomic mass is 35.5. The summed E-state index contributed by atoms with van der Waals surface area (Å²) in [6, 6.07) is 11.9. The van der Waals surface area contributed by atoms with Crippen LogP contribution in [0.3, 0.4) is 0 Å². The minimum atomic E-state index is -0.297. The molecule has 5 heteroatoms. The Labute approximate surface area is 128 Å². The molecule has 0 fully saturated rings. The van der Waals surface area contributed by atoms with Crippen LogP contribution in [-0.2, 0) is 6.54 Å². The van der Waals surface area contributed by atoms with E-state index in [1.54, 1.807) is 6.07 Å². The molecule has 0 radical (unpaired) electrons. The molecule has 0 unspecified atom stereocenters. The van der Waals surface area contributed by atoms with Gasteiger partial charge in [0, 0.05) is 29.9 Å². The summed E-state index contributed by atoms with van der Waals surface area (Å²) in [5.74, 6) is -0.297. The van der Waals surface area contributed by atoms with E-state index in [9.17, 15) is 4.39 Å². The quantitative estimate of drug-likeness (QED) is 0.872. The van der Waals surface area contributed by atoms with Gasteiger partial charge in [0.15, 0.2) is 0 Å². The average Bonchev–Trinajstić information content (AvgIpc) is 2.43. The molecule has 104 valence electrons. The van der Waals surface area contributed by atoms with Crippen LogP contribution in [0.4, 0.5) is 10.1 Å². The topological polar surface area (TPSA) is 29.3 Å². The van der Waals surface area contributed by atoms with E-state index in [0.29, 0.717) is 16.6 Å². The molecule has 2 N–H and O–H groups in total.